The summed E-state index contributed by atoms with van der Waals surface area (Å²) < 4.78 is 6.82. The van der Waals surface area contributed by atoms with Crippen LogP contribution in [0, 0.1) is 0 Å². The number of aromatic nitrogens is 4. The van der Waals surface area contributed by atoms with Crippen molar-refractivity contribution in [3.63, 3.8) is 0 Å². The number of hydrogen-bond acceptors (Lipinski definition) is 7. The van der Waals surface area contributed by atoms with Crippen molar-refractivity contribution in [3.05, 3.63) is 24.3 Å². The predicted octanol–water partition coefficient (Wildman–Crippen LogP) is 0.794. The summed E-state index contributed by atoms with van der Waals surface area (Å²) in [6.45, 7) is 4.19. The molecule has 0 aliphatic heterocycles. The summed E-state index contributed by atoms with van der Waals surface area (Å²) in [6, 6.07) is 6.71. The zero-order valence-electron chi connectivity index (χ0n) is 14.9. The molecule has 2 rings (SSSR count). The molecule has 2 amide bonds. The summed E-state index contributed by atoms with van der Waals surface area (Å²) in [6.07, 6.45) is 0.841. The molecule has 9 nitrogen and oxygen atoms in total. The Bertz CT molecular complexity index is 751. The molecule has 0 aliphatic carbocycles. The molecular formula is C16H22N6O3S. The second-order valence-electron chi connectivity index (χ2n) is 5.41. The first kappa shape index (κ1) is 19.7. The molecule has 140 valence electrons. The van der Waals surface area contributed by atoms with Crippen LogP contribution in [-0.4, -0.2) is 57.5 Å². The van der Waals surface area contributed by atoms with Crippen molar-refractivity contribution in [1.82, 2.24) is 30.8 Å². The van der Waals surface area contributed by atoms with Gasteiger partial charge in [0.2, 0.25) is 17.0 Å². The van der Waals surface area contributed by atoms with Crippen molar-refractivity contribution in [2.75, 3.05) is 19.4 Å². The normalized spacial score (nSPS) is 11.7. The molecule has 1 heterocycles. The Hall–Kier alpha value is -2.62. The van der Waals surface area contributed by atoms with Gasteiger partial charge in [0.15, 0.2) is 0 Å². The molecule has 1 atom stereocenters. The molecule has 0 aliphatic rings. The highest BCUT2D eigenvalue weighted by Crippen LogP contribution is 2.25. The van der Waals surface area contributed by atoms with E-state index in [0.717, 1.165) is 6.42 Å². The maximum absolute atomic E-state index is 12.1. The number of rotatable bonds is 9. The fourth-order valence-corrected chi connectivity index (χ4v) is 2.80. The van der Waals surface area contributed by atoms with E-state index < -0.39 is 6.04 Å². The van der Waals surface area contributed by atoms with E-state index in [-0.39, 0.29) is 17.6 Å². The van der Waals surface area contributed by atoms with Gasteiger partial charge in [0, 0.05) is 6.54 Å². The molecule has 0 spiro atoms. The van der Waals surface area contributed by atoms with E-state index in [1.807, 2.05) is 25.1 Å². The van der Waals surface area contributed by atoms with Gasteiger partial charge in [0.25, 0.3) is 0 Å². The van der Waals surface area contributed by atoms with Crippen LogP contribution in [0.5, 0.6) is 5.75 Å². The molecule has 2 aromatic rings. The third-order valence-corrected chi connectivity index (χ3v) is 4.33. The van der Waals surface area contributed by atoms with Gasteiger partial charge in [-0.05, 0) is 35.9 Å². The third-order valence-electron chi connectivity index (χ3n) is 3.41. The number of ether oxygens (including phenoxy) is 1. The van der Waals surface area contributed by atoms with Crippen LogP contribution in [0.2, 0.25) is 0 Å². The number of thioether (sulfide) groups is 1. The predicted molar refractivity (Wildman–Crippen MR) is 97.3 cm³/mol. The van der Waals surface area contributed by atoms with E-state index in [4.69, 9.17) is 4.74 Å². The quantitative estimate of drug-likeness (QED) is 0.621. The fourth-order valence-electron chi connectivity index (χ4n) is 2.10. The number of nitrogens with one attached hydrogen (secondary N) is 2. The molecule has 0 fully saturated rings. The molecule has 0 saturated heterocycles. The second-order valence-corrected chi connectivity index (χ2v) is 6.36. The Labute approximate surface area is 155 Å². The molecule has 0 saturated carbocycles. The lowest BCUT2D eigenvalue weighted by Crippen LogP contribution is -2.45. The second kappa shape index (κ2) is 9.76. The lowest BCUT2D eigenvalue weighted by atomic mass is 10.3. The molecule has 1 aromatic heterocycles. The number of amides is 2. The van der Waals surface area contributed by atoms with Gasteiger partial charge in [-0.25, -0.2) is 0 Å². The molecule has 1 aromatic carbocycles. The molecule has 26 heavy (non-hydrogen) atoms. The Morgan fingerprint density at radius 1 is 1.35 bits per heavy atom. The first-order valence-electron chi connectivity index (χ1n) is 8.18. The average molecular weight is 378 g/mol. The van der Waals surface area contributed by atoms with Crippen LogP contribution in [0.4, 0.5) is 0 Å². The van der Waals surface area contributed by atoms with Gasteiger partial charge in [-0.1, -0.05) is 30.8 Å². The van der Waals surface area contributed by atoms with E-state index in [1.54, 1.807) is 20.1 Å². The van der Waals surface area contributed by atoms with Gasteiger partial charge >= 0.3 is 0 Å². The monoisotopic (exact) mass is 378 g/mol. The number of carbonyl (C=O) groups is 2. The number of carbonyl (C=O) groups excluding carboxylic acids is 2. The lowest BCUT2D eigenvalue weighted by Gasteiger charge is -2.13. The fraction of sp³-hybridized carbons (Fsp3) is 0.438. The highest BCUT2D eigenvalue weighted by Gasteiger charge is 2.17. The minimum atomic E-state index is -0.597. The Kier molecular flexibility index (Phi) is 7.39. The number of tetrazole rings is 1. The number of hydrogen-bond donors (Lipinski definition) is 2. The Morgan fingerprint density at radius 2 is 2.12 bits per heavy atom. The van der Waals surface area contributed by atoms with Crippen molar-refractivity contribution in [2.24, 2.45) is 0 Å². The van der Waals surface area contributed by atoms with Gasteiger partial charge in [-0.2, -0.15) is 4.68 Å². The third kappa shape index (κ3) is 5.19. The number of para-hydroxylation sites is 2. The Balaban J connectivity index is 1.95. The Morgan fingerprint density at radius 3 is 2.85 bits per heavy atom. The minimum Gasteiger partial charge on any atom is -0.494 e. The molecular weight excluding hydrogens is 356 g/mol. The highest BCUT2D eigenvalue weighted by molar-refractivity contribution is 7.99. The molecule has 0 bridgehead atoms. The van der Waals surface area contributed by atoms with E-state index in [2.05, 4.69) is 26.2 Å². The lowest BCUT2D eigenvalue weighted by molar-refractivity contribution is -0.127. The van der Waals surface area contributed by atoms with Crippen LogP contribution >= 0.6 is 11.8 Å². The van der Waals surface area contributed by atoms with Crippen molar-refractivity contribution < 1.29 is 14.3 Å². The summed E-state index contributed by atoms with van der Waals surface area (Å²) in [7, 11) is 1.56. The standard InChI is InChI=1S/C16H22N6O3S/c1-4-9-17-15(24)11(2)18-14(23)10-26-16-19-20-21-22(16)12-7-5-6-8-13(12)25-3/h5-8,11H,4,9-10H2,1-3H3,(H,17,24)(H,18,23)/t11-/m1/s1. The largest absolute Gasteiger partial charge is 0.494 e. The molecule has 0 radical (unpaired) electrons. The maximum Gasteiger partial charge on any atom is 0.242 e. The van der Waals surface area contributed by atoms with Crippen LogP contribution in [0.15, 0.2) is 29.4 Å². The number of methoxy groups -OCH3 is 1. The van der Waals surface area contributed by atoms with Crippen molar-refractivity contribution in [2.45, 2.75) is 31.5 Å². The van der Waals surface area contributed by atoms with Crippen molar-refractivity contribution in [3.8, 4) is 11.4 Å². The molecule has 2 N–H and O–H groups in total. The van der Waals surface area contributed by atoms with Gasteiger partial charge in [0.05, 0.1) is 12.9 Å². The zero-order chi connectivity index (χ0) is 18.9. The highest BCUT2D eigenvalue weighted by atomic mass is 32.2. The number of nitrogens with zero attached hydrogens (tertiary/aromatic N) is 4. The van der Waals surface area contributed by atoms with Gasteiger partial charge in [-0.15, -0.1) is 5.10 Å². The smallest absolute Gasteiger partial charge is 0.242 e. The van der Waals surface area contributed by atoms with Crippen molar-refractivity contribution in [1.29, 1.82) is 0 Å². The first-order chi connectivity index (χ1) is 12.6. The van der Waals surface area contributed by atoms with Crippen LogP contribution in [-0.2, 0) is 9.59 Å². The summed E-state index contributed by atoms with van der Waals surface area (Å²) in [4.78, 5) is 23.9. The number of benzene rings is 1. The van der Waals surface area contributed by atoms with Crippen LogP contribution in [0.3, 0.4) is 0 Å². The molecule has 10 heteroatoms. The van der Waals surface area contributed by atoms with Crippen molar-refractivity contribution >= 4 is 23.6 Å². The summed E-state index contributed by atoms with van der Waals surface area (Å²) in [5.74, 6) is 0.223. The summed E-state index contributed by atoms with van der Waals surface area (Å²) in [5, 5.41) is 17.4. The van der Waals surface area contributed by atoms with E-state index >= 15 is 0 Å². The van der Waals surface area contributed by atoms with E-state index in [9.17, 15) is 9.59 Å². The van der Waals surface area contributed by atoms with Crippen LogP contribution < -0.4 is 15.4 Å². The minimum absolute atomic E-state index is 0.0842. The average Bonchev–Trinajstić information content (AvgIpc) is 3.12. The SMILES string of the molecule is CCCNC(=O)[C@@H](C)NC(=O)CSc1nnnn1-c1ccccc1OC. The van der Waals surface area contributed by atoms with Gasteiger partial charge < -0.3 is 15.4 Å². The summed E-state index contributed by atoms with van der Waals surface area (Å²) >= 11 is 1.17. The van der Waals surface area contributed by atoms with E-state index in [1.165, 1.54) is 16.4 Å². The van der Waals surface area contributed by atoms with Crippen LogP contribution in [0.1, 0.15) is 20.3 Å². The van der Waals surface area contributed by atoms with Gasteiger partial charge in [-0.3, -0.25) is 9.59 Å². The van der Waals surface area contributed by atoms with Crippen LogP contribution in [0.25, 0.3) is 5.69 Å². The maximum atomic E-state index is 12.1. The first-order valence-corrected chi connectivity index (χ1v) is 9.17. The van der Waals surface area contributed by atoms with E-state index in [0.29, 0.717) is 23.1 Å². The molecule has 0 unspecified atom stereocenters. The summed E-state index contributed by atoms with van der Waals surface area (Å²) in [5.41, 5.74) is 0.676. The van der Waals surface area contributed by atoms with Gasteiger partial charge in [0.1, 0.15) is 17.5 Å². The topological polar surface area (TPSA) is 111 Å². The zero-order valence-corrected chi connectivity index (χ0v) is 15.7.